The number of halogens is 1. The molecule has 0 atom stereocenters. The predicted octanol–water partition coefficient (Wildman–Crippen LogP) is 2.93. The molecule has 2 N–H and O–H groups in total. The van der Waals surface area contributed by atoms with E-state index < -0.39 is 11.8 Å². The molecule has 2 aliphatic rings. The summed E-state index contributed by atoms with van der Waals surface area (Å²) in [5, 5.41) is 5.56. The molecule has 4 rings (SSSR count). The third-order valence-corrected chi connectivity index (χ3v) is 6.04. The number of ether oxygens (including phenoxy) is 1. The maximum atomic E-state index is 12.4. The highest BCUT2D eigenvalue weighted by Crippen LogP contribution is 2.34. The van der Waals surface area contributed by atoms with Gasteiger partial charge in [-0.05, 0) is 59.4 Å². The topological polar surface area (TPSA) is 73.9 Å². The number of nitrogens with zero attached hydrogens (tertiary/aromatic N) is 2. The molecule has 8 heteroatoms. The van der Waals surface area contributed by atoms with E-state index in [1.54, 1.807) is 18.3 Å². The van der Waals surface area contributed by atoms with Crippen molar-refractivity contribution in [3.05, 3.63) is 58.2 Å². The highest BCUT2D eigenvalue weighted by molar-refractivity contribution is 9.10. The van der Waals surface area contributed by atoms with Gasteiger partial charge in [0.05, 0.1) is 22.7 Å². The number of rotatable bonds is 4. The molecule has 0 saturated carbocycles. The molecule has 0 aromatic heterocycles. The molecule has 2 aromatic carbocycles. The third kappa shape index (κ3) is 4.06. The van der Waals surface area contributed by atoms with E-state index in [0.29, 0.717) is 26.9 Å². The highest BCUT2D eigenvalue weighted by Gasteiger charge is 2.28. The Morgan fingerprint density at radius 1 is 1.03 bits per heavy atom. The van der Waals surface area contributed by atoms with E-state index in [4.69, 9.17) is 4.74 Å². The molecule has 0 aliphatic carbocycles. The number of carbonyl (C=O) groups is 2. The van der Waals surface area contributed by atoms with Crippen molar-refractivity contribution in [2.45, 2.75) is 0 Å². The first-order valence-electron chi connectivity index (χ1n) is 9.70. The summed E-state index contributed by atoms with van der Waals surface area (Å²) in [6.45, 7) is 4.13. The van der Waals surface area contributed by atoms with Crippen LogP contribution in [-0.2, 0) is 4.79 Å². The van der Waals surface area contributed by atoms with Crippen molar-refractivity contribution in [3.8, 4) is 5.75 Å². The average Bonchev–Trinajstić information content (AvgIpc) is 2.74. The van der Waals surface area contributed by atoms with Gasteiger partial charge in [0.15, 0.2) is 0 Å². The SMILES string of the molecule is COc1cc2c(cc1Br)C(=CNc1ccc(N3CCN(C)CC3)cc1)C(=O)NC2=O. The van der Waals surface area contributed by atoms with Crippen LogP contribution in [0.25, 0.3) is 5.57 Å². The van der Waals surface area contributed by atoms with Crippen molar-refractivity contribution in [1.29, 1.82) is 0 Å². The van der Waals surface area contributed by atoms with Crippen molar-refractivity contribution in [2.24, 2.45) is 0 Å². The standard InChI is InChI=1S/C22H23BrN4O3/c1-26-7-9-27(10-8-26)15-5-3-14(4-6-15)24-13-18-16-11-19(23)20(30-2)12-17(16)21(28)25-22(18)29/h3-6,11-13,24H,7-10H2,1-2H3,(H,25,28,29). The molecule has 1 fully saturated rings. The van der Waals surface area contributed by atoms with Gasteiger partial charge in [-0.3, -0.25) is 14.9 Å². The molecule has 0 radical (unpaired) electrons. The minimum Gasteiger partial charge on any atom is -0.496 e. The Balaban J connectivity index is 1.55. The van der Waals surface area contributed by atoms with E-state index in [1.807, 2.05) is 12.1 Å². The number of benzene rings is 2. The fraction of sp³-hybridized carbons (Fsp3) is 0.273. The monoisotopic (exact) mass is 470 g/mol. The molecule has 7 nitrogen and oxygen atoms in total. The lowest BCUT2D eigenvalue weighted by Crippen LogP contribution is -2.44. The van der Waals surface area contributed by atoms with Crippen LogP contribution in [0.4, 0.5) is 11.4 Å². The molecule has 30 heavy (non-hydrogen) atoms. The molecule has 0 unspecified atom stereocenters. The summed E-state index contributed by atoms with van der Waals surface area (Å²) in [6, 6.07) is 11.5. The normalized spacial score (nSPS) is 18.2. The maximum Gasteiger partial charge on any atom is 0.260 e. The summed E-state index contributed by atoms with van der Waals surface area (Å²) in [4.78, 5) is 29.4. The molecule has 2 aliphatic heterocycles. The number of likely N-dealkylation sites (N-methyl/N-ethyl adjacent to an activating group) is 1. The molecular formula is C22H23BrN4O3. The first-order chi connectivity index (χ1) is 14.5. The first-order valence-corrected chi connectivity index (χ1v) is 10.5. The molecule has 0 spiro atoms. The number of anilines is 2. The lowest BCUT2D eigenvalue weighted by molar-refractivity contribution is -0.114. The number of amides is 2. The van der Waals surface area contributed by atoms with Gasteiger partial charge in [-0.15, -0.1) is 0 Å². The van der Waals surface area contributed by atoms with E-state index in [2.05, 4.69) is 55.5 Å². The molecule has 156 valence electrons. The molecule has 2 aromatic rings. The Morgan fingerprint density at radius 3 is 2.40 bits per heavy atom. The number of carbonyl (C=O) groups excluding carboxylic acids is 2. The van der Waals surface area contributed by atoms with Crippen LogP contribution >= 0.6 is 15.9 Å². The van der Waals surface area contributed by atoms with Gasteiger partial charge < -0.3 is 19.9 Å². The molecule has 2 amide bonds. The van der Waals surface area contributed by atoms with Crippen LogP contribution in [0, 0.1) is 0 Å². The largest absolute Gasteiger partial charge is 0.496 e. The Bertz CT molecular complexity index is 1010. The van der Waals surface area contributed by atoms with Crippen LogP contribution < -0.4 is 20.3 Å². The Hall–Kier alpha value is -2.84. The summed E-state index contributed by atoms with van der Waals surface area (Å²) in [5.74, 6) is -0.342. The van der Waals surface area contributed by atoms with Gasteiger partial charge in [-0.1, -0.05) is 0 Å². The minimum atomic E-state index is -0.439. The Kier molecular flexibility index (Phi) is 5.78. The van der Waals surface area contributed by atoms with E-state index in [0.717, 1.165) is 31.9 Å². The number of hydrogen-bond donors (Lipinski definition) is 2. The number of hydrogen-bond acceptors (Lipinski definition) is 6. The van der Waals surface area contributed by atoms with Gasteiger partial charge in [0.2, 0.25) is 0 Å². The average molecular weight is 471 g/mol. The van der Waals surface area contributed by atoms with Crippen molar-refractivity contribution in [2.75, 3.05) is 50.6 Å². The quantitative estimate of drug-likeness (QED) is 0.528. The number of imide groups is 1. The van der Waals surface area contributed by atoms with Gasteiger partial charge >= 0.3 is 0 Å². The molecule has 0 bridgehead atoms. The lowest BCUT2D eigenvalue weighted by atomic mass is 9.95. The molecule has 2 heterocycles. The van der Waals surface area contributed by atoms with E-state index in [1.165, 1.54) is 12.8 Å². The number of methoxy groups -OCH3 is 1. The van der Waals surface area contributed by atoms with E-state index in [-0.39, 0.29) is 0 Å². The second kappa shape index (κ2) is 8.49. The van der Waals surface area contributed by atoms with Crippen LogP contribution in [0.1, 0.15) is 15.9 Å². The van der Waals surface area contributed by atoms with Gasteiger partial charge in [0.25, 0.3) is 11.8 Å². The number of nitrogens with one attached hydrogen (secondary N) is 2. The summed E-state index contributed by atoms with van der Waals surface area (Å²) in [5.41, 5.74) is 3.38. The Morgan fingerprint density at radius 2 is 1.73 bits per heavy atom. The van der Waals surface area contributed by atoms with Gasteiger partial charge in [0.1, 0.15) is 5.75 Å². The minimum absolute atomic E-state index is 0.385. The third-order valence-electron chi connectivity index (χ3n) is 5.42. The second-order valence-electron chi connectivity index (χ2n) is 7.36. The zero-order valence-electron chi connectivity index (χ0n) is 16.9. The van der Waals surface area contributed by atoms with Crippen molar-refractivity contribution >= 4 is 44.7 Å². The first kappa shape index (κ1) is 20.4. The van der Waals surface area contributed by atoms with Crippen LogP contribution in [0.5, 0.6) is 5.75 Å². The number of piperazine rings is 1. The summed E-state index contributed by atoms with van der Waals surface area (Å²) in [7, 11) is 3.67. The smallest absolute Gasteiger partial charge is 0.260 e. The maximum absolute atomic E-state index is 12.4. The van der Waals surface area contributed by atoms with Gasteiger partial charge in [-0.25, -0.2) is 0 Å². The summed E-state index contributed by atoms with van der Waals surface area (Å²) in [6.07, 6.45) is 1.63. The van der Waals surface area contributed by atoms with Crippen LogP contribution in [0.2, 0.25) is 0 Å². The molecule has 1 saturated heterocycles. The van der Waals surface area contributed by atoms with E-state index in [9.17, 15) is 9.59 Å². The summed E-state index contributed by atoms with van der Waals surface area (Å²) >= 11 is 3.43. The molecular weight excluding hydrogens is 448 g/mol. The second-order valence-corrected chi connectivity index (χ2v) is 8.21. The van der Waals surface area contributed by atoms with Gasteiger partial charge in [0, 0.05) is 49.3 Å². The van der Waals surface area contributed by atoms with E-state index >= 15 is 0 Å². The van der Waals surface area contributed by atoms with Crippen LogP contribution in [0.3, 0.4) is 0 Å². The Labute approximate surface area is 183 Å². The summed E-state index contributed by atoms with van der Waals surface area (Å²) < 4.78 is 5.94. The fourth-order valence-electron chi connectivity index (χ4n) is 3.61. The van der Waals surface area contributed by atoms with Crippen LogP contribution in [0.15, 0.2) is 47.1 Å². The van der Waals surface area contributed by atoms with Crippen LogP contribution in [-0.4, -0.2) is 57.1 Å². The van der Waals surface area contributed by atoms with Crippen molar-refractivity contribution in [1.82, 2.24) is 10.2 Å². The highest BCUT2D eigenvalue weighted by atomic mass is 79.9. The zero-order chi connectivity index (χ0) is 21.3. The van der Waals surface area contributed by atoms with Crippen molar-refractivity contribution < 1.29 is 14.3 Å². The lowest BCUT2D eigenvalue weighted by Gasteiger charge is -2.34. The fourth-order valence-corrected chi connectivity index (χ4v) is 4.12. The predicted molar refractivity (Wildman–Crippen MR) is 121 cm³/mol. The number of fused-ring (bicyclic) bond motifs is 1. The van der Waals surface area contributed by atoms with Crippen molar-refractivity contribution in [3.63, 3.8) is 0 Å². The zero-order valence-corrected chi connectivity index (χ0v) is 18.5. The van der Waals surface area contributed by atoms with Gasteiger partial charge in [-0.2, -0.15) is 0 Å².